The summed E-state index contributed by atoms with van der Waals surface area (Å²) in [5.41, 5.74) is 0. The number of fused-ring (bicyclic) bond motifs is 1. The number of amides is 1. The van der Waals surface area contributed by atoms with Gasteiger partial charge in [0.25, 0.3) is 5.91 Å². The fraction of sp³-hybridized carbons (Fsp3) is 0.438. The standard InChI is InChI=1S/C16H18N2O5S.Li/c1-16(2)12(15(21)22)18-13(20)11(14(18)24-16)17-10(19)8-23-9-6-4-3-5-7-9;/h3-7,11-12,14H,8H2,1-2H3,(H,17,19)(H,21,22);/q;+1/p-1/t11-,12+,14-;/m1./s1. The molecule has 25 heavy (non-hydrogen) atoms. The molecule has 9 heteroatoms. The Morgan fingerprint density at radius 2 is 2.04 bits per heavy atom. The van der Waals surface area contributed by atoms with Crippen molar-refractivity contribution < 1.29 is 43.4 Å². The van der Waals surface area contributed by atoms with Crippen molar-refractivity contribution in [3.63, 3.8) is 0 Å². The van der Waals surface area contributed by atoms with Gasteiger partial charge >= 0.3 is 24.8 Å². The summed E-state index contributed by atoms with van der Waals surface area (Å²) in [7, 11) is 0. The van der Waals surface area contributed by atoms with Gasteiger partial charge in [-0.15, -0.1) is 11.8 Å². The molecule has 7 nitrogen and oxygen atoms in total. The zero-order chi connectivity index (χ0) is 17.5. The summed E-state index contributed by atoms with van der Waals surface area (Å²) in [4.78, 5) is 28.9. The Balaban J connectivity index is 0.00000225. The maximum atomic E-state index is 12.2. The van der Waals surface area contributed by atoms with Crippen LogP contribution >= 0.6 is 11.8 Å². The fourth-order valence-electron chi connectivity index (χ4n) is 2.97. The van der Waals surface area contributed by atoms with E-state index in [9.17, 15) is 19.8 Å². The van der Waals surface area contributed by atoms with Crippen LogP contribution in [0, 0.1) is 0 Å². The van der Waals surface area contributed by atoms with Gasteiger partial charge in [-0.2, -0.15) is 0 Å². The van der Waals surface area contributed by atoms with E-state index >= 15 is 0 Å². The Hall–Kier alpha value is -1.62. The van der Waals surface area contributed by atoms with E-state index in [-0.39, 0.29) is 25.5 Å². The van der Waals surface area contributed by atoms with E-state index in [1.807, 2.05) is 6.07 Å². The van der Waals surface area contributed by atoms with Gasteiger partial charge in [0, 0.05) is 4.75 Å². The van der Waals surface area contributed by atoms with E-state index in [0.717, 1.165) is 0 Å². The third kappa shape index (κ3) is 3.66. The van der Waals surface area contributed by atoms with E-state index in [1.54, 1.807) is 38.1 Å². The molecule has 2 aliphatic heterocycles. The van der Waals surface area contributed by atoms with Gasteiger partial charge in [0.1, 0.15) is 23.8 Å². The summed E-state index contributed by atoms with van der Waals surface area (Å²) in [5.74, 6) is -1.45. The monoisotopic (exact) mass is 356 g/mol. The molecule has 2 fully saturated rings. The SMILES string of the molecule is CC1(C)S[C@@H]2[C@H](N=C([O-])COc3ccccc3)C(=O)N2[C@H]1C(=O)O.[Li+]. The zero-order valence-electron chi connectivity index (χ0n) is 14.2. The molecule has 0 saturated carbocycles. The van der Waals surface area contributed by atoms with Crippen molar-refractivity contribution in [2.75, 3.05) is 6.61 Å². The number of rotatable bonds is 5. The summed E-state index contributed by atoms with van der Waals surface area (Å²) in [6.45, 7) is 3.30. The van der Waals surface area contributed by atoms with Gasteiger partial charge in [-0.05, 0) is 31.9 Å². The molecule has 2 heterocycles. The molecule has 0 aliphatic carbocycles. The van der Waals surface area contributed by atoms with Crippen LogP contribution in [0.2, 0.25) is 0 Å². The van der Waals surface area contributed by atoms with Crippen LogP contribution in [-0.2, 0) is 9.59 Å². The number of aliphatic carboxylic acids is 1. The minimum Gasteiger partial charge on any atom is -0.860 e. The molecule has 3 rings (SSSR count). The molecule has 0 unspecified atom stereocenters. The predicted molar refractivity (Wildman–Crippen MR) is 86.9 cm³/mol. The van der Waals surface area contributed by atoms with Gasteiger partial charge in [0.15, 0.2) is 6.04 Å². The van der Waals surface area contributed by atoms with E-state index in [2.05, 4.69) is 4.99 Å². The van der Waals surface area contributed by atoms with Crippen molar-refractivity contribution in [1.82, 2.24) is 4.90 Å². The first-order chi connectivity index (χ1) is 11.3. The van der Waals surface area contributed by atoms with Gasteiger partial charge in [-0.25, -0.2) is 4.79 Å². The van der Waals surface area contributed by atoms with Crippen LogP contribution in [0.25, 0.3) is 0 Å². The number of thioether (sulfide) groups is 1. The number of ether oxygens (including phenoxy) is 1. The summed E-state index contributed by atoms with van der Waals surface area (Å²) in [6.07, 6.45) is 0. The number of β-lactam (4-membered cyclic amide) rings is 1. The fourth-order valence-corrected chi connectivity index (χ4v) is 4.58. The van der Waals surface area contributed by atoms with Crippen LogP contribution in [0.1, 0.15) is 13.8 Å². The third-order valence-corrected chi connectivity index (χ3v) is 5.59. The van der Waals surface area contributed by atoms with Gasteiger partial charge in [0.2, 0.25) is 0 Å². The Kier molecular flexibility index (Phi) is 5.77. The molecule has 1 N–H and O–H groups in total. The number of hydrogen-bond donors (Lipinski definition) is 1. The first-order valence-electron chi connectivity index (χ1n) is 7.45. The smallest absolute Gasteiger partial charge is 0.860 e. The number of benzene rings is 1. The van der Waals surface area contributed by atoms with Gasteiger partial charge in [-0.1, -0.05) is 18.2 Å². The summed E-state index contributed by atoms with van der Waals surface area (Å²) in [6, 6.07) is 7.11. The maximum Gasteiger partial charge on any atom is 1.00 e. The molecule has 128 valence electrons. The van der Waals surface area contributed by atoms with Crippen LogP contribution in [0.15, 0.2) is 35.3 Å². The van der Waals surface area contributed by atoms with Crippen LogP contribution in [0.3, 0.4) is 0 Å². The average Bonchev–Trinajstić information content (AvgIpc) is 2.80. The van der Waals surface area contributed by atoms with Crippen LogP contribution < -0.4 is 28.7 Å². The van der Waals surface area contributed by atoms with Crippen molar-refractivity contribution in [3.05, 3.63) is 30.3 Å². The molecule has 0 spiro atoms. The molecular weight excluding hydrogens is 339 g/mol. The topological polar surface area (TPSA) is 102 Å². The number of aliphatic imine (C=N–C) groups is 1. The molecule has 2 aliphatic rings. The van der Waals surface area contributed by atoms with Crippen molar-refractivity contribution in [2.45, 2.75) is 36.1 Å². The third-order valence-electron chi connectivity index (χ3n) is 4.04. The average molecular weight is 356 g/mol. The maximum absolute atomic E-state index is 12.2. The van der Waals surface area contributed by atoms with Crippen molar-refractivity contribution >= 4 is 29.5 Å². The minimum absolute atomic E-state index is 0. The number of hydrogen-bond acceptors (Lipinski definition) is 6. The molecule has 3 atom stereocenters. The molecule has 0 aromatic heterocycles. The summed E-state index contributed by atoms with van der Waals surface area (Å²) >= 11 is 1.36. The normalized spacial score (nSPS) is 27.1. The predicted octanol–water partition coefficient (Wildman–Crippen LogP) is -2.66. The van der Waals surface area contributed by atoms with E-state index in [0.29, 0.717) is 5.75 Å². The van der Waals surface area contributed by atoms with Gasteiger partial charge < -0.3 is 19.8 Å². The number of carboxylic acids is 1. The first-order valence-corrected chi connectivity index (χ1v) is 8.33. The Morgan fingerprint density at radius 1 is 1.40 bits per heavy atom. The zero-order valence-corrected chi connectivity index (χ0v) is 15.0. The molecule has 1 aromatic rings. The van der Waals surface area contributed by atoms with Gasteiger partial charge in [0.05, 0.1) is 0 Å². The number of carboxylic acid groups (broad SMARTS) is 1. The van der Waals surface area contributed by atoms with E-state index in [1.165, 1.54) is 16.7 Å². The van der Waals surface area contributed by atoms with E-state index in [4.69, 9.17) is 4.74 Å². The van der Waals surface area contributed by atoms with Gasteiger partial charge in [-0.3, -0.25) is 9.79 Å². The van der Waals surface area contributed by atoms with Crippen LogP contribution in [-0.4, -0.2) is 56.6 Å². The Morgan fingerprint density at radius 3 is 2.64 bits per heavy atom. The Bertz CT molecular complexity index is 697. The largest absolute Gasteiger partial charge is 1.00 e. The first kappa shape index (κ1) is 19.7. The molecule has 1 amide bonds. The van der Waals surface area contributed by atoms with Crippen molar-refractivity contribution in [1.29, 1.82) is 0 Å². The van der Waals surface area contributed by atoms with Crippen molar-refractivity contribution in [3.8, 4) is 5.75 Å². The second kappa shape index (κ2) is 7.32. The molecular formula is C16H17LiN2O5S. The molecule has 2 saturated heterocycles. The van der Waals surface area contributed by atoms with Crippen LogP contribution in [0.4, 0.5) is 0 Å². The molecule has 0 bridgehead atoms. The molecule has 0 radical (unpaired) electrons. The van der Waals surface area contributed by atoms with Crippen molar-refractivity contribution in [2.24, 2.45) is 4.99 Å². The summed E-state index contributed by atoms with van der Waals surface area (Å²) < 4.78 is 4.69. The Labute approximate surface area is 161 Å². The van der Waals surface area contributed by atoms with Crippen LogP contribution in [0.5, 0.6) is 5.75 Å². The summed E-state index contributed by atoms with van der Waals surface area (Å²) in [5, 5.41) is 20.9. The number of para-hydroxylation sites is 1. The number of carbonyl (C=O) groups is 2. The number of nitrogens with zero attached hydrogens (tertiary/aromatic N) is 2. The van der Waals surface area contributed by atoms with E-state index < -0.39 is 40.0 Å². The second-order valence-electron chi connectivity index (χ2n) is 6.17. The second-order valence-corrected chi connectivity index (χ2v) is 7.94. The molecule has 1 aromatic carbocycles. The minimum atomic E-state index is -1.04. The quantitative estimate of drug-likeness (QED) is 0.268. The number of carbonyl (C=O) groups excluding carboxylic acids is 1.